The minimum absolute atomic E-state index is 0.0224. The molecule has 3 aromatic rings. The Kier molecular flexibility index (Phi) is 7.62. The van der Waals surface area contributed by atoms with Gasteiger partial charge in [0.1, 0.15) is 23.3 Å². The fourth-order valence-electron chi connectivity index (χ4n) is 2.78. The normalized spacial score (nSPS) is 11.2. The number of amides is 1. The summed E-state index contributed by atoms with van der Waals surface area (Å²) in [4.78, 5) is 21.9. The number of halogens is 1. The number of carbonyl (C=O) groups is 1. The fourth-order valence-corrected chi connectivity index (χ4v) is 2.93. The number of aromatic nitrogens is 2. The van der Waals surface area contributed by atoms with Gasteiger partial charge < -0.3 is 25.1 Å². The Balaban J connectivity index is 1.70. The molecule has 3 rings (SSSR count). The summed E-state index contributed by atoms with van der Waals surface area (Å²) in [6.07, 6.45) is 3.40. The molecule has 0 fully saturated rings. The third-order valence-electron chi connectivity index (χ3n) is 4.48. The predicted octanol–water partition coefficient (Wildman–Crippen LogP) is 3.41. The maximum Gasteiger partial charge on any atom is 0.259 e. The fraction of sp³-hybridized carbons (Fsp3) is 0.217. The van der Waals surface area contributed by atoms with Crippen molar-refractivity contribution in [3.8, 4) is 11.5 Å². The average molecular weight is 454 g/mol. The van der Waals surface area contributed by atoms with E-state index >= 15 is 0 Å². The van der Waals surface area contributed by atoms with Crippen LogP contribution < -0.4 is 14.8 Å². The summed E-state index contributed by atoms with van der Waals surface area (Å²) in [6.45, 7) is -0.0387. The predicted molar refractivity (Wildman–Crippen MR) is 125 cm³/mol. The van der Waals surface area contributed by atoms with E-state index in [-0.39, 0.29) is 24.8 Å². The van der Waals surface area contributed by atoms with E-state index in [2.05, 4.69) is 15.3 Å². The van der Waals surface area contributed by atoms with E-state index < -0.39 is 0 Å². The molecule has 0 atom stereocenters. The quantitative estimate of drug-likeness (QED) is 0.380. The summed E-state index contributed by atoms with van der Waals surface area (Å²) in [6, 6.07) is 12.3. The van der Waals surface area contributed by atoms with Gasteiger partial charge in [0.05, 0.1) is 16.7 Å². The van der Waals surface area contributed by atoms with Crippen LogP contribution in [0.4, 0.5) is 0 Å². The molecule has 1 aromatic carbocycles. The van der Waals surface area contributed by atoms with Gasteiger partial charge in [-0.05, 0) is 30.3 Å². The summed E-state index contributed by atoms with van der Waals surface area (Å²) < 4.78 is 11.3. The highest BCUT2D eigenvalue weighted by molar-refractivity contribution is 6.29. The van der Waals surface area contributed by atoms with Crippen LogP contribution in [0.15, 0.2) is 54.9 Å². The van der Waals surface area contributed by atoms with Crippen molar-refractivity contribution < 1.29 is 14.3 Å². The maximum absolute atomic E-state index is 11.7. The number of hydrogen-bond donors (Lipinski definition) is 2. The Labute approximate surface area is 191 Å². The molecule has 8 nitrogen and oxygen atoms in total. The highest BCUT2D eigenvalue weighted by Gasteiger charge is 2.12. The maximum atomic E-state index is 11.7. The molecule has 2 aromatic heterocycles. The van der Waals surface area contributed by atoms with Crippen molar-refractivity contribution in [3.63, 3.8) is 0 Å². The first-order valence-electron chi connectivity index (χ1n) is 9.81. The number of nitrogens with one attached hydrogen (secondary N) is 2. The van der Waals surface area contributed by atoms with Crippen LogP contribution in [0.3, 0.4) is 0 Å². The third kappa shape index (κ3) is 5.95. The minimum atomic E-state index is -0.139. The largest absolute Gasteiger partial charge is 0.487 e. The van der Waals surface area contributed by atoms with Crippen molar-refractivity contribution in [2.75, 3.05) is 34.4 Å². The lowest BCUT2D eigenvalue weighted by molar-refractivity contribution is -0.130. The number of hydrogen-bond acceptors (Lipinski definition) is 7. The molecule has 0 aliphatic carbocycles. The van der Waals surface area contributed by atoms with Crippen molar-refractivity contribution in [2.24, 2.45) is 0 Å². The average Bonchev–Trinajstić information content (AvgIpc) is 2.79. The molecular formula is C23H24ClN5O3. The zero-order chi connectivity index (χ0) is 23.1. The second-order valence-electron chi connectivity index (χ2n) is 7.06. The molecule has 2 heterocycles. The van der Waals surface area contributed by atoms with E-state index in [1.54, 1.807) is 69.9 Å². The summed E-state index contributed by atoms with van der Waals surface area (Å²) in [7, 11) is 5.10. The monoisotopic (exact) mass is 453 g/mol. The summed E-state index contributed by atoms with van der Waals surface area (Å²) in [5.74, 6) is 0.898. The second-order valence-corrected chi connectivity index (χ2v) is 7.45. The van der Waals surface area contributed by atoms with Crippen LogP contribution in [-0.4, -0.2) is 60.8 Å². The number of rotatable bonds is 9. The molecule has 166 valence electrons. The van der Waals surface area contributed by atoms with E-state index in [1.807, 2.05) is 6.07 Å². The van der Waals surface area contributed by atoms with Gasteiger partial charge >= 0.3 is 0 Å². The van der Waals surface area contributed by atoms with Crippen LogP contribution >= 0.6 is 11.6 Å². The van der Waals surface area contributed by atoms with Crippen LogP contribution in [-0.2, 0) is 4.79 Å². The smallest absolute Gasteiger partial charge is 0.259 e. The van der Waals surface area contributed by atoms with Gasteiger partial charge in [0.15, 0.2) is 6.61 Å². The lowest BCUT2D eigenvalue weighted by Gasteiger charge is -2.14. The number of fused-ring (bicyclic) bond motifs is 1. The first kappa shape index (κ1) is 23.0. The Morgan fingerprint density at radius 3 is 2.53 bits per heavy atom. The number of benzene rings is 1. The highest BCUT2D eigenvalue weighted by Crippen LogP contribution is 2.22. The molecule has 0 aliphatic heterocycles. The molecule has 9 heteroatoms. The van der Waals surface area contributed by atoms with Crippen LogP contribution in [0.5, 0.6) is 11.5 Å². The number of ether oxygens (including phenoxy) is 2. The second kappa shape index (κ2) is 10.6. The van der Waals surface area contributed by atoms with Crippen molar-refractivity contribution in [3.05, 3.63) is 65.6 Å². The van der Waals surface area contributed by atoms with E-state index in [0.29, 0.717) is 33.3 Å². The summed E-state index contributed by atoms with van der Waals surface area (Å²) in [5.41, 5.74) is 2.94. The molecule has 1 amide bonds. The van der Waals surface area contributed by atoms with E-state index in [1.165, 1.54) is 4.90 Å². The van der Waals surface area contributed by atoms with Crippen molar-refractivity contribution in [1.82, 2.24) is 20.2 Å². The van der Waals surface area contributed by atoms with Crippen LogP contribution in [0, 0.1) is 5.41 Å². The van der Waals surface area contributed by atoms with Crippen LogP contribution in [0.25, 0.3) is 16.6 Å². The number of carbonyl (C=O) groups excluding carboxylic acids is 1. The van der Waals surface area contributed by atoms with Gasteiger partial charge in [0.2, 0.25) is 0 Å². The van der Waals surface area contributed by atoms with Crippen molar-refractivity contribution >= 4 is 39.8 Å². The molecule has 0 spiro atoms. The third-order valence-corrected chi connectivity index (χ3v) is 4.69. The molecule has 0 saturated heterocycles. The standard InChI is InChI=1S/C23H24ClN5O3/c1-26-12-18(15-9-21-20(27-11-15)7-8-22(24)28-21)19(25)13-31-16-5-4-6-17(10-16)32-14-23(30)29(2)3/h4-12,25-26H,13-14H2,1-3H3/b18-12-,25-19?. The SMILES string of the molecule is CN/C=C(\C(=N)COc1cccc(OCC(=O)N(C)C)c1)c1cnc2ccc(Cl)nc2c1. The van der Waals surface area contributed by atoms with E-state index in [0.717, 1.165) is 5.56 Å². The minimum Gasteiger partial charge on any atom is -0.487 e. The Bertz CT molecular complexity index is 1160. The van der Waals surface area contributed by atoms with Crippen LogP contribution in [0.1, 0.15) is 5.56 Å². The lowest BCUT2D eigenvalue weighted by atomic mass is 10.0. The highest BCUT2D eigenvalue weighted by atomic mass is 35.5. The Morgan fingerprint density at radius 2 is 1.84 bits per heavy atom. The van der Waals surface area contributed by atoms with Crippen LogP contribution in [0.2, 0.25) is 5.15 Å². The molecule has 0 aliphatic rings. The molecule has 0 unspecified atom stereocenters. The van der Waals surface area contributed by atoms with Gasteiger partial charge in [-0.2, -0.15) is 0 Å². The topological polar surface area (TPSA) is 100 Å². The van der Waals surface area contributed by atoms with Gasteiger partial charge in [0, 0.05) is 50.7 Å². The van der Waals surface area contributed by atoms with Gasteiger partial charge in [-0.25, -0.2) is 4.98 Å². The first-order valence-corrected chi connectivity index (χ1v) is 10.2. The molecule has 32 heavy (non-hydrogen) atoms. The molecule has 0 saturated carbocycles. The van der Waals surface area contributed by atoms with Gasteiger partial charge in [-0.1, -0.05) is 17.7 Å². The van der Waals surface area contributed by atoms with Gasteiger partial charge in [-0.15, -0.1) is 0 Å². The number of likely N-dealkylation sites (N-methyl/N-ethyl adjacent to an activating group) is 1. The van der Waals surface area contributed by atoms with Gasteiger partial charge in [-0.3, -0.25) is 9.78 Å². The zero-order valence-electron chi connectivity index (χ0n) is 18.1. The first-order chi connectivity index (χ1) is 15.4. The van der Waals surface area contributed by atoms with Crippen molar-refractivity contribution in [1.29, 1.82) is 5.41 Å². The van der Waals surface area contributed by atoms with E-state index in [9.17, 15) is 4.79 Å². The van der Waals surface area contributed by atoms with Gasteiger partial charge in [0.25, 0.3) is 5.91 Å². The molecule has 0 bridgehead atoms. The Hall–Kier alpha value is -3.65. The summed E-state index contributed by atoms with van der Waals surface area (Å²) in [5, 5.41) is 11.9. The summed E-state index contributed by atoms with van der Waals surface area (Å²) >= 11 is 6.00. The molecule has 0 radical (unpaired) electrons. The zero-order valence-corrected chi connectivity index (χ0v) is 18.8. The molecular weight excluding hydrogens is 430 g/mol. The van der Waals surface area contributed by atoms with Crippen molar-refractivity contribution in [2.45, 2.75) is 0 Å². The lowest BCUT2D eigenvalue weighted by Crippen LogP contribution is -2.27. The van der Waals surface area contributed by atoms with E-state index in [4.69, 9.17) is 26.5 Å². The number of nitrogens with zero attached hydrogens (tertiary/aromatic N) is 3. The Morgan fingerprint density at radius 1 is 1.12 bits per heavy atom. The number of pyridine rings is 2. The molecule has 2 N–H and O–H groups in total.